The Morgan fingerprint density at radius 3 is 1.42 bits per heavy atom. The maximum absolute atomic E-state index is 15.3. The maximum Gasteiger partial charge on any atom is 0.303 e. The number of nitrogens with zero attached hydrogens (tertiary/aromatic N) is 1. The van der Waals surface area contributed by atoms with Gasteiger partial charge in [0, 0.05) is 97.7 Å². The van der Waals surface area contributed by atoms with E-state index in [2.05, 4.69) is 93.7 Å². The molecule has 0 saturated carbocycles. The van der Waals surface area contributed by atoms with Crippen LogP contribution in [0.1, 0.15) is 88.3 Å². The van der Waals surface area contributed by atoms with Crippen molar-refractivity contribution >= 4 is 148 Å². The molecule has 16 amide bonds. The van der Waals surface area contributed by atoms with E-state index in [1.165, 1.54) is 30.5 Å². The molecular formula is C69H90N18O20S2. The molecule has 0 unspecified atom stereocenters. The number of carboxylic acids is 1. The van der Waals surface area contributed by atoms with Crippen molar-refractivity contribution < 1.29 is 96.8 Å². The predicted octanol–water partition coefficient (Wildman–Crippen LogP) is -5.65. The number of nitrogens with one attached hydrogen (secondary N) is 13. The summed E-state index contributed by atoms with van der Waals surface area (Å²) in [6.45, 7) is 1.42. The number of hydrogen-bond donors (Lipinski definition) is 22. The zero-order valence-corrected chi connectivity index (χ0v) is 61.0. The van der Waals surface area contributed by atoms with Gasteiger partial charge in [-0.2, -0.15) is 25.3 Å². The molecule has 1 aliphatic rings. The first-order valence-corrected chi connectivity index (χ1v) is 35.6. The standard InChI is InChI=1S/C69H90N18O20S2/c1-33(88)58(86-62(100)44(18-21-54(71)92)79-65(103)50(31-108)77-34(2)89)68(106)83-47(25-36-28-74-41-10-5-3-8-39(36)41)64(102)78-43(17-20-53(70)91)61(99)85-51(32-109)66(104)81-46(24-35-13-15-38(90)16-14-35)63(101)84-49(26-37-29-75-42-11-6-4-9-40(37)42)69(107)87-23-7-12-52(87)67(105)80-45(19-22-57(95)96)60(98)82-48(27-55(72)93)59(97)76-30-56(73)94/h3-6,8-11,13-16,28-29,33,43-52,58,74-75,88,90,108-109H,7,12,17-27,30-32H2,1-2H3,(H2,70,91)(H2,71,92)(H2,72,93)(H2,73,94)(H,76,97)(H,77,89)(H,78,102)(H,79,103)(H,80,105)(H,81,104)(H,82,98)(H,83,106)(H,84,101)(H,85,99)(H,86,100)(H,95,96)/t33-,43+,44+,45+,46+,47+,48+,49+,50+,51+,52+,58+/m1/s1. The topological polar surface area (TPSA) is 622 Å². The summed E-state index contributed by atoms with van der Waals surface area (Å²) >= 11 is 8.44. The van der Waals surface area contributed by atoms with Crippen molar-refractivity contribution in [3.63, 3.8) is 0 Å². The number of fused-ring (bicyclic) bond motifs is 2. The van der Waals surface area contributed by atoms with Gasteiger partial charge in [-0.15, -0.1) is 0 Å². The van der Waals surface area contributed by atoms with E-state index in [-0.39, 0.29) is 50.2 Å². The van der Waals surface area contributed by atoms with Gasteiger partial charge < -0.3 is 112 Å². The summed E-state index contributed by atoms with van der Waals surface area (Å²) in [6, 6.07) is 1.08. The smallest absolute Gasteiger partial charge is 0.303 e. The summed E-state index contributed by atoms with van der Waals surface area (Å²) in [5.41, 5.74) is 23.8. The summed E-state index contributed by atoms with van der Waals surface area (Å²) in [6.07, 6.45) is -3.60. The third-order valence-electron chi connectivity index (χ3n) is 17.4. The fourth-order valence-corrected chi connectivity index (χ4v) is 12.4. The Morgan fingerprint density at radius 1 is 0.495 bits per heavy atom. The highest BCUT2D eigenvalue weighted by molar-refractivity contribution is 7.80. The van der Waals surface area contributed by atoms with Gasteiger partial charge in [-0.05, 0) is 80.0 Å². The highest BCUT2D eigenvalue weighted by atomic mass is 32.1. The number of para-hydroxylation sites is 2. The molecule has 0 aliphatic carbocycles. The second-order valence-electron chi connectivity index (χ2n) is 25.8. The zero-order chi connectivity index (χ0) is 80.3. The summed E-state index contributed by atoms with van der Waals surface area (Å²) < 4.78 is 0. The number of likely N-dealkylation sites (tertiary alicyclic amines) is 1. The lowest BCUT2D eigenvalue weighted by molar-refractivity contribution is -0.143. The van der Waals surface area contributed by atoms with Crippen LogP contribution in [-0.2, 0) is 101 Å². The molecule has 0 spiro atoms. The lowest BCUT2D eigenvalue weighted by Crippen LogP contribution is -2.62. The molecule has 6 rings (SSSR count). The highest BCUT2D eigenvalue weighted by Crippen LogP contribution is 2.25. The number of aliphatic hydroxyl groups excluding tert-OH is 1. The molecule has 109 heavy (non-hydrogen) atoms. The molecule has 2 aromatic heterocycles. The van der Waals surface area contributed by atoms with E-state index in [4.69, 9.17) is 22.9 Å². The van der Waals surface area contributed by atoms with Gasteiger partial charge in [-0.3, -0.25) is 81.5 Å². The minimum Gasteiger partial charge on any atom is -0.508 e. The molecule has 24 N–H and O–H groups in total. The number of amides is 16. The van der Waals surface area contributed by atoms with E-state index in [1.54, 1.807) is 54.7 Å². The molecule has 588 valence electrons. The number of aliphatic hydroxyl groups is 1. The van der Waals surface area contributed by atoms with Crippen LogP contribution in [0.2, 0.25) is 0 Å². The Hall–Kier alpha value is -11.8. The number of carbonyl (C=O) groups is 17. The average molecular weight is 1560 g/mol. The second-order valence-corrected chi connectivity index (χ2v) is 26.5. The van der Waals surface area contributed by atoms with E-state index in [0.717, 1.165) is 18.7 Å². The summed E-state index contributed by atoms with van der Waals surface area (Å²) in [7, 11) is 0. The molecule has 3 aromatic carbocycles. The van der Waals surface area contributed by atoms with Crippen molar-refractivity contribution in [3.05, 3.63) is 102 Å². The van der Waals surface area contributed by atoms with Crippen LogP contribution in [0.15, 0.2) is 85.2 Å². The summed E-state index contributed by atoms with van der Waals surface area (Å²) in [5.74, 6) is -18.5. The minimum atomic E-state index is -1.91. The van der Waals surface area contributed by atoms with Crippen LogP contribution in [0.3, 0.4) is 0 Å². The van der Waals surface area contributed by atoms with Crippen molar-refractivity contribution in [3.8, 4) is 5.75 Å². The van der Waals surface area contributed by atoms with E-state index < -0.39 is 230 Å². The van der Waals surface area contributed by atoms with Gasteiger partial charge in [0.25, 0.3) is 0 Å². The number of phenolic OH excluding ortho intramolecular Hbond substituents is 1. The fraction of sp³-hybridized carbons (Fsp3) is 0.435. The zero-order valence-electron chi connectivity index (χ0n) is 59.3. The largest absolute Gasteiger partial charge is 0.508 e. The minimum absolute atomic E-state index is 0.0364. The first-order valence-electron chi connectivity index (χ1n) is 34.4. The van der Waals surface area contributed by atoms with E-state index >= 15 is 9.59 Å². The molecule has 0 radical (unpaired) electrons. The summed E-state index contributed by atoms with van der Waals surface area (Å²) in [5, 5.41) is 58.8. The number of phenols is 1. The van der Waals surface area contributed by atoms with Gasteiger partial charge in [0.05, 0.1) is 19.1 Å². The van der Waals surface area contributed by atoms with Crippen LogP contribution in [0.4, 0.5) is 0 Å². The Morgan fingerprint density at radius 2 is 0.927 bits per heavy atom. The first kappa shape index (κ1) is 86.1. The van der Waals surface area contributed by atoms with Crippen molar-refractivity contribution in [2.75, 3.05) is 24.6 Å². The third-order valence-corrected chi connectivity index (χ3v) is 18.2. The van der Waals surface area contributed by atoms with E-state index in [0.29, 0.717) is 38.5 Å². The number of benzene rings is 3. The Kier molecular flexibility index (Phi) is 32.7. The number of aromatic nitrogens is 2. The average Bonchev–Trinajstić information content (AvgIpc) is 1.73. The number of rotatable bonds is 43. The van der Waals surface area contributed by atoms with Crippen LogP contribution < -0.4 is 81.4 Å². The number of thiol groups is 2. The predicted molar refractivity (Wildman–Crippen MR) is 395 cm³/mol. The molecule has 40 heteroatoms. The highest BCUT2D eigenvalue weighted by Gasteiger charge is 2.42. The van der Waals surface area contributed by atoms with Gasteiger partial charge in [0.1, 0.15) is 72.2 Å². The lowest BCUT2D eigenvalue weighted by atomic mass is 10.0. The van der Waals surface area contributed by atoms with Crippen molar-refractivity contribution in [1.29, 1.82) is 0 Å². The second kappa shape index (κ2) is 41.3. The van der Waals surface area contributed by atoms with Crippen molar-refractivity contribution in [2.24, 2.45) is 22.9 Å². The van der Waals surface area contributed by atoms with Gasteiger partial charge in [0.2, 0.25) is 94.5 Å². The lowest BCUT2D eigenvalue weighted by Gasteiger charge is -2.31. The van der Waals surface area contributed by atoms with Crippen molar-refractivity contribution in [1.82, 2.24) is 73.4 Å². The molecule has 5 aromatic rings. The number of aliphatic carboxylic acids is 1. The van der Waals surface area contributed by atoms with Gasteiger partial charge in [0.15, 0.2) is 0 Å². The third kappa shape index (κ3) is 26.3. The Labute approximate surface area is 633 Å². The number of nitrogens with two attached hydrogens (primary N) is 4. The normalized spacial score (nSPS) is 15.5. The SMILES string of the molecule is CC(=O)N[C@@H](CS)C(=O)N[C@@H](CCC(N)=O)C(=O)N[C@H](C(=O)N[C@@H](Cc1c[nH]c2ccccc12)C(=O)N[C@@H](CCC(N)=O)C(=O)N[C@@H](CS)C(=O)N[C@@H](Cc1ccc(O)cc1)C(=O)N[C@@H](Cc1c[nH]c2ccccc12)C(=O)N1CCC[C@H]1C(=O)N[C@@H](CCC(=O)O)C(=O)N[C@@H](CC(N)=O)C(=O)NCC(N)=O)[C@@H](C)O. The Bertz CT molecular complexity index is 4190. The monoisotopic (exact) mass is 1550 g/mol. The van der Waals surface area contributed by atoms with Gasteiger partial charge in [-0.1, -0.05) is 48.5 Å². The quantitative estimate of drug-likeness (QED) is 0.0162. The number of aromatic hydroxyl groups is 1. The number of H-pyrrole nitrogens is 2. The molecule has 38 nitrogen and oxygen atoms in total. The summed E-state index contributed by atoms with van der Waals surface area (Å²) in [4.78, 5) is 236. The van der Waals surface area contributed by atoms with Crippen LogP contribution in [0.5, 0.6) is 5.75 Å². The van der Waals surface area contributed by atoms with Crippen molar-refractivity contribution in [2.45, 2.75) is 163 Å². The number of carboxylic acid groups (broad SMARTS) is 1. The maximum atomic E-state index is 15.3. The number of carbonyl (C=O) groups excluding carboxylic acids is 16. The molecule has 1 saturated heterocycles. The van der Waals surface area contributed by atoms with Gasteiger partial charge >= 0.3 is 5.97 Å². The molecule has 0 bridgehead atoms. The number of aromatic amines is 2. The number of hydrogen-bond acceptors (Lipinski definition) is 21. The van der Waals surface area contributed by atoms with Crippen LogP contribution >= 0.6 is 25.3 Å². The van der Waals surface area contributed by atoms with Gasteiger partial charge in [-0.25, -0.2) is 0 Å². The van der Waals surface area contributed by atoms with E-state index in [9.17, 15) is 87.2 Å². The first-order chi connectivity index (χ1) is 51.7. The van der Waals surface area contributed by atoms with Crippen LogP contribution in [0, 0.1) is 0 Å². The number of primary amides is 4. The molecule has 1 fully saturated rings. The molecular weight excluding hydrogens is 1460 g/mol. The molecule has 12 atom stereocenters. The molecule has 3 heterocycles. The fourth-order valence-electron chi connectivity index (χ4n) is 11.8. The van der Waals surface area contributed by atoms with Crippen LogP contribution in [-0.4, -0.2) is 228 Å². The van der Waals surface area contributed by atoms with E-state index in [1.807, 2.05) is 0 Å². The van der Waals surface area contributed by atoms with Crippen LogP contribution in [0.25, 0.3) is 21.8 Å². The molecule has 1 aliphatic heterocycles. The Balaban J connectivity index is 1.28.